The highest BCUT2D eigenvalue weighted by atomic mass is 35.5. The predicted molar refractivity (Wildman–Crippen MR) is 60.4 cm³/mol. The summed E-state index contributed by atoms with van der Waals surface area (Å²) in [6.07, 6.45) is 2.33. The van der Waals surface area contributed by atoms with Crippen molar-refractivity contribution in [2.75, 3.05) is 5.32 Å². The molecule has 1 N–H and O–H groups in total. The number of carbonyl (C=O) groups is 1. The van der Waals surface area contributed by atoms with E-state index in [1.54, 1.807) is 0 Å². The van der Waals surface area contributed by atoms with Crippen LogP contribution in [-0.2, 0) is 0 Å². The second kappa shape index (κ2) is 4.52. The van der Waals surface area contributed by atoms with E-state index < -0.39 is 10.8 Å². The Morgan fingerprint density at radius 1 is 1.65 bits per heavy atom. The summed E-state index contributed by atoms with van der Waals surface area (Å²) in [4.78, 5) is 25.1. The molecule has 88 valence electrons. The Morgan fingerprint density at radius 3 is 2.94 bits per heavy atom. The summed E-state index contributed by atoms with van der Waals surface area (Å²) in [5.74, 6) is -0.534. The quantitative estimate of drug-likeness (QED) is 0.684. The monoisotopic (exact) mass is 273 g/mol. The number of amides is 1. The first-order chi connectivity index (χ1) is 8.08. The Balaban J connectivity index is 2.13. The molecule has 0 aliphatic carbocycles. The number of rotatable bonds is 3. The normalized spacial score (nSPS) is 10.2. The Hall–Kier alpha value is -1.93. The van der Waals surface area contributed by atoms with E-state index in [0.717, 1.165) is 17.5 Å². The summed E-state index contributed by atoms with van der Waals surface area (Å²) in [7, 11) is 0. The van der Waals surface area contributed by atoms with Gasteiger partial charge in [0, 0.05) is 0 Å². The molecule has 0 spiro atoms. The minimum Gasteiger partial charge on any atom is -0.452 e. The van der Waals surface area contributed by atoms with Gasteiger partial charge in [0.2, 0.25) is 5.22 Å². The Kier molecular flexibility index (Phi) is 3.07. The minimum atomic E-state index is -0.585. The molecule has 0 atom stereocenters. The summed E-state index contributed by atoms with van der Waals surface area (Å²) in [6.45, 7) is 0. The molecule has 0 aromatic carbocycles. The molecule has 1 amide bonds. The number of hydrogen-bond donors (Lipinski definition) is 1. The largest absolute Gasteiger partial charge is 0.452 e. The molecule has 2 heterocycles. The van der Waals surface area contributed by atoms with Crippen LogP contribution in [-0.4, -0.2) is 15.8 Å². The first-order valence-corrected chi connectivity index (χ1v) is 5.42. The lowest BCUT2D eigenvalue weighted by Gasteiger charge is -1.97. The second-order valence-electron chi connectivity index (χ2n) is 2.82. The van der Waals surface area contributed by atoms with Gasteiger partial charge in [-0.2, -0.15) is 0 Å². The fourth-order valence-corrected chi connectivity index (χ4v) is 1.86. The zero-order chi connectivity index (χ0) is 12.4. The van der Waals surface area contributed by atoms with Crippen molar-refractivity contribution in [1.82, 2.24) is 4.98 Å². The molecule has 0 fully saturated rings. The van der Waals surface area contributed by atoms with Crippen LogP contribution >= 0.6 is 22.9 Å². The van der Waals surface area contributed by atoms with Crippen LogP contribution in [0.25, 0.3) is 0 Å². The van der Waals surface area contributed by atoms with E-state index in [4.69, 9.17) is 16.0 Å². The van der Waals surface area contributed by atoms with Crippen LogP contribution in [0.5, 0.6) is 0 Å². The van der Waals surface area contributed by atoms with Gasteiger partial charge in [-0.25, -0.2) is 4.98 Å². The Morgan fingerprint density at radius 2 is 2.41 bits per heavy atom. The first-order valence-electron chi connectivity index (χ1n) is 4.22. The SMILES string of the molecule is O=C(Nc1ncc([N+](=O)[O-])s1)c1ccoc1Cl. The summed E-state index contributed by atoms with van der Waals surface area (Å²) in [5.41, 5.74) is 0.143. The molecule has 0 saturated carbocycles. The molecule has 2 aromatic rings. The summed E-state index contributed by atoms with van der Waals surface area (Å²) in [5, 5.41) is 12.7. The third-order valence-electron chi connectivity index (χ3n) is 1.76. The highest BCUT2D eigenvalue weighted by molar-refractivity contribution is 7.18. The highest BCUT2D eigenvalue weighted by Gasteiger charge is 2.17. The van der Waals surface area contributed by atoms with E-state index in [1.807, 2.05) is 0 Å². The average molecular weight is 274 g/mol. The number of nitrogens with one attached hydrogen (secondary N) is 1. The standard InChI is InChI=1S/C8H4ClN3O4S/c9-6-4(1-2-16-6)7(13)11-8-10-3-5(17-8)12(14)15/h1-3H,(H,10,11,13). The molecule has 2 aromatic heterocycles. The van der Waals surface area contributed by atoms with Crippen molar-refractivity contribution in [3.63, 3.8) is 0 Å². The van der Waals surface area contributed by atoms with Crippen LogP contribution in [0.4, 0.5) is 10.1 Å². The molecule has 0 unspecified atom stereocenters. The van der Waals surface area contributed by atoms with Crippen molar-refractivity contribution in [3.8, 4) is 0 Å². The lowest BCUT2D eigenvalue weighted by Crippen LogP contribution is -2.10. The van der Waals surface area contributed by atoms with E-state index in [0.29, 0.717) is 0 Å². The van der Waals surface area contributed by atoms with Gasteiger partial charge in [-0.05, 0) is 29.0 Å². The maximum atomic E-state index is 11.6. The zero-order valence-electron chi connectivity index (χ0n) is 8.05. The van der Waals surface area contributed by atoms with Crippen LogP contribution in [0.2, 0.25) is 5.22 Å². The number of thiazole rings is 1. The summed E-state index contributed by atoms with van der Waals surface area (Å²) >= 11 is 6.36. The van der Waals surface area contributed by atoms with Crippen LogP contribution < -0.4 is 5.32 Å². The average Bonchev–Trinajstić information content (AvgIpc) is 2.86. The molecule has 9 heteroatoms. The van der Waals surface area contributed by atoms with Gasteiger partial charge in [0.15, 0.2) is 5.13 Å². The smallest absolute Gasteiger partial charge is 0.345 e. The third kappa shape index (κ3) is 2.43. The number of aromatic nitrogens is 1. The van der Waals surface area contributed by atoms with Crippen LogP contribution in [0.1, 0.15) is 10.4 Å². The fraction of sp³-hybridized carbons (Fsp3) is 0. The van der Waals surface area contributed by atoms with Crippen LogP contribution in [0.15, 0.2) is 22.9 Å². The molecule has 0 aliphatic rings. The fourth-order valence-electron chi connectivity index (χ4n) is 1.03. The number of hydrogen-bond acceptors (Lipinski definition) is 6. The van der Waals surface area contributed by atoms with Gasteiger partial charge in [0.25, 0.3) is 5.91 Å². The maximum absolute atomic E-state index is 11.6. The number of nitrogens with zero attached hydrogens (tertiary/aromatic N) is 2. The van der Waals surface area contributed by atoms with Gasteiger partial charge < -0.3 is 4.42 Å². The van der Waals surface area contributed by atoms with Crippen LogP contribution in [0.3, 0.4) is 0 Å². The van der Waals surface area contributed by atoms with Crippen molar-refractivity contribution >= 4 is 39.0 Å². The molecular formula is C8H4ClN3O4S. The lowest BCUT2D eigenvalue weighted by atomic mass is 10.3. The molecule has 0 radical (unpaired) electrons. The molecule has 0 bridgehead atoms. The first kappa shape index (κ1) is 11.6. The molecule has 0 aliphatic heterocycles. The van der Waals surface area contributed by atoms with Crippen molar-refractivity contribution in [3.05, 3.63) is 39.4 Å². The van der Waals surface area contributed by atoms with E-state index in [1.165, 1.54) is 12.3 Å². The molecular weight excluding hydrogens is 270 g/mol. The van der Waals surface area contributed by atoms with E-state index in [-0.39, 0.29) is 20.9 Å². The predicted octanol–water partition coefficient (Wildman–Crippen LogP) is 2.55. The number of halogens is 1. The van der Waals surface area contributed by atoms with Gasteiger partial charge in [0.1, 0.15) is 6.20 Å². The van der Waals surface area contributed by atoms with Gasteiger partial charge in [-0.3, -0.25) is 20.2 Å². The van der Waals surface area contributed by atoms with Crippen molar-refractivity contribution in [1.29, 1.82) is 0 Å². The van der Waals surface area contributed by atoms with Gasteiger partial charge in [-0.15, -0.1) is 0 Å². The van der Waals surface area contributed by atoms with Crippen molar-refractivity contribution in [2.45, 2.75) is 0 Å². The topological polar surface area (TPSA) is 98.3 Å². The Bertz CT molecular complexity index is 579. The molecule has 2 rings (SSSR count). The van der Waals surface area contributed by atoms with Crippen molar-refractivity contribution < 1.29 is 14.1 Å². The van der Waals surface area contributed by atoms with Gasteiger partial charge >= 0.3 is 5.00 Å². The number of anilines is 1. The number of furan rings is 1. The maximum Gasteiger partial charge on any atom is 0.345 e. The second-order valence-corrected chi connectivity index (χ2v) is 4.18. The number of carbonyl (C=O) groups excluding carboxylic acids is 1. The molecule has 7 nitrogen and oxygen atoms in total. The molecule has 17 heavy (non-hydrogen) atoms. The zero-order valence-corrected chi connectivity index (χ0v) is 9.62. The lowest BCUT2D eigenvalue weighted by molar-refractivity contribution is -0.380. The van der Waals surface area contributed by atoms with E-state index in [9.17, 15) is 14.9 Å². The molecule has 0 saturated heterocycles. The summed E-state index contributed by atoms with van der Waals surface area (Å²) in [6, 6.07) is 1.39. The van der Waals surface area contributed by atoms with Gasteiger partial charge in [0.05, 0.1) is 16.7 Å². The Labute approximate surface area is 103 Å². The summed E-state index contributed by atoms with van der Waals surface area (Å²) < 4.78 is 4.75. The highest BCUT2D eigenvalue weighted by Crippen LogP contribution is 2.26. The van der Waals surface area contributed by atoms with Crippen molar-refractivity contribution in [2.24, 2.45) is 0 Å². The van der Waals surface area contributed by atoms with Gasteiger partial charge in [-0.1, -0.05) is 0 Å². The minimum absolute atomic E-state index is 0.0476. The third-order valence-corrected chi connectivity index (χ3v) is 2.91. The van der Waals surface area contributed by atoms with E-state index >= 15 is 0 Å². The van der Waals surface area contributed by atoms with E-state index in [2.05, 4.69) is 10.3 Å². The number of nitro groups is 1. The van der Waals surface area contributed by atoms with Crippen LogP contribution in [0, 0.1) is 10.1 Å².